The Hall–Kier alpha value is -1.86. The van der Waals surface area contributed by atoms with Crippen LogP contribution in [-0.4, -0.2) is 21.4 Å². The van der Waals surface area contributed by atoms with Gasteiger partial charge in [-0.1, -0.05) is 0 Å². The first-order chi connectivity index (χ1) is 10.8. The Bertz CT molecular complexity index is 933. The lowest BCUT2D eigenvalue weighted by Crippen LogP contribution is -2.27. The van der Waals surface area contributed by atoms with Gasteiger partial charge in [-0.25, -0.2) is 9.18 Å². The average Bonchev–Trinajstić information content (AvgIpc) is 3.22. The van der Waals surface area contributed by atoms with Gasteiger partial charge in [-0.05, 0) is 25.8 Å². The molecule has 1 saturated carbocycles. The second-order valence-electron chi connectivity index (χ2n) is 6.36. The van der Waals surface area contributed by atoms with Crippen LogP contribution in [0.3, 0.4) is 0 Å². The summed E-state index contributed by atoms with van der Waals surface area (Å²) >= 11 is 1.49. The highest BCUT2D eigenvalue weighted by Gasteiger charge is 2.45. The van der Waals surface area contributed by atoms with Gasteiger partial charge in [0.15, 0.2) is 0 Å². The lowest BCUT2D eigenvalue weighted by Gasteiger charge is -2.29. The molecule has 7 heteroatoms. The Morgan fingerprint density at radius 3 is 2.83 bits per heavy atom. The summed E-state index contributed by atoms with van der Waals surface area (Å²) in [4.78, 5) is 24.5. The molecule has 0 bridgehead atoms. The molecule has 2 aliphatic rings. The second kappa shape index (κ2) is 4.58. The van der Waals surface area contributed by atoms with Crippen molar-refractivity contribution in [2.75, 3.05) is 5.75 Å². The topological polar surface area (TPSA) is 85.3 Å². The predicted molar refractivity (Wildman–Crippen MR) is 85.7 cm³/mol. The SMILES string of the molecule is CC1CSc2c(C3(N)CC3)c(F)cc3c(=O)c(C(=O)O)cn1c23. The van der Waals surface area contributed by atoms with Crippen LogP contribution in [0.25, 0.3) is 10.9 Å². The maximum absolute atomic E-state index is 14.7. The van der Waals surface area contributed by atoms with E-state index in [9.17, 15) is 19.1 Å². The summed E-state index contributed by atoms with van der Waals surface area (Å²) in [6, 6.07) is 1.17. The van der Waals surface area contributed by atoms with Crippen molar-refractivity contribution in [3.63, 3.8) is 0 Å². The fourth-order valence-electron chi connectivity index (χ4n) is 3.23. The molecule has 1 fully saturated rings. The zero-order chi connectivity index (χ0) is 16.5. The molecule has 120 valence electrons. The van der Waals surface area contributed by atoms with E-state index in [-0.39, 0.29) is 17.0 Å². The van der Waals surface area contributed by atoms with Gasteiger partial charge < -0.3 is 15.4 Å². The highest BCUT2D eigenvalue weighted by atomic mass is 32.2. The van der Waals surface area contributed by atoms with Crippen molar-refractivity contribution in [2.45, 2.75) is 36.2 Å². The predicted octanol–water partition coefficient (Wildman–Crippen LogP) is 2.45. The Balaban J connectivity index is 2.19. The van der Waals surface area contributed by atoms with Crippen LogP contribution >= 0.6 is 11.8 Å². The number of halogens is 1. The van der Waals surface area contributed by atoms with Crippen molar-refractivity contribution < 1.29 is 14.3 Å². The maximum atomic E-state index is 14.7. The van der Waals surface area contributed by atoms with Crippen LogP contribution in [0.2, 0.25) is 0 Å². The smallest absolute Gasteiger partial charge is 0.341 e. The molecule has 2 aromatic rings. The fraction of sp³-hybridized carbons (Fsp3) is 0.375. The number of carboxylic acid groups (broad SMARTS) is 1. The van der Waals surface area contributed by atoms with Gasteiger partial charge in [0, 0.05) is 34.0 Å². The first-order valence-corrected chi connectivity index (χ1v) is 8.39. The molecule has 0 amide bonds. The summed E-state index contributed by atoms with van der Waals surface area (Å²) in [5.41, 5.74) is 5.67. The molecule has 0 radical (unpaired) electrons. The van der Waals surface area contributed by atoms with E-state index in [1.165, 1.54) is 18.0 Å². The molecule has 1 unspecified atom stereocenters. The molecule has 1 aliphatic carbocycles. The molecule has 3 N–H and O–H groups in total. The van der Waals surface area contributed by atoms with Crippen LogP contribution < -0.4 is 11.2 Å². The number of carboxylic acids is 1. The highest BCUT2D eigenvalue weighted by molar-refractivity contribution is 7.99. The van der Waals surface area contributed by atoms with Gasteiger partial charge >= 0.3 is 5.97 Å². The number of thioether (sulfide) groups is 1. The summed E-state index contributed by atoms with van der Waals surface area (Å²) < 4.78 is 16.5. The number of rotatable bonds is 2. The third-order valence-corrected chi connectivity index (χ3v) is 6.02. The summed E-state index contributed by atoms with van der Waals surface area (Å²) in [5, 5.41) is 9.36. The van der Waals surface area contributed by atoms with Gasteiger partial charge in [0.1, 0.15) is 11.4 Å². The van der Waals surface area contributed by atoms with Crippen LogP contribution in [0.4, 0.5) is 4.39 Å². The molecule has 2 heterocycles. The van der Waals surface area contributed by atoms with E-state index >= 15 is 0 Å². The molecular weight excluding hydrogens is 319 g/mol. The molecule has 1 aromatic carbocycles. The van der Waals surface area contributed by atoms with Crippen LogP contribution in [0, 0.1) is 5.82 Å². The van der Waals surface area contributed by atoms with E-state index in [4.69, 9.17) is 5.73 Å². The third-order valence-electron chi connectivity index (χ3n) is 4.68. The fourth-order valence-corrected chi connectivity index (χ4v) is 4.59. The van der Waals surface area contributed by atoms with E-state index in [1.54, 1.807) is 4.57 Å². The first-order valence-electron chi connectivity index (χ1n) is 7.40. The number of hydrogen-bond donors (Lipinski definition) is 2. The summed E-state index contributed by atoms with van der Waals surface area (Å²) in [6.07, 6.45) is 2.81. The van der Waals surface area contributed by atoms with Gasteiger partial charge in [-0.15, -0.1) is 11.8 Å². The van der Waals surface area contributed by atoms with E-state index in [1.807, 2.05) is 6.92 Å². The first kappa shape index (κ1) is 14.7. The molecule has 0 spiro atoms. The average molecular weight is 334 g/mol. The Kier molecular flexibility index (Phi) is 2.93. The van der Waals surface area contributed by atoms with Crippen molar-refractivity contribution in [2.24, 2.45) is 5.73 Å². The van der Waals surface area contributed by atoms with Gasteiger partial charge in [0.2, 0.25) is 5.43 Å². The Morgan fingerprint density at radius 1 is 1.52 bits per heavy atom. The minimum atomic E-state index is -1.30. The van der Waals surface area contributed by atoms with E-state index < -0.39 is 22.8 Å². The van der Waals surface area contributed by atoms with Crippen LogP contribution in [0.15, 0.2) is 22.0 Å². The molecule has 0 saturated heterocycles. The molecule has 4 rings (SSSR count). The van der Waals surface area contributed by atoms with Crippen LogP contribution in [0.5, 0.6) is 0 Å². The quantitative estimate of drug-likeness (QED) is 0.881. The van der Waals surface area contributed by atoms with Crippen molar-refractivity contribution in [1.29, 1.82) is 0 Å². The second-order valence-corrected chi connectivity index (χ2v) is 7.39. The molecule has 1 aliphatic heterocycles. The molecule has 1 aromatic heterocycles. The number of nitrogens with zero attached hydrogens (tertiary/aromatic N) is 1. The zero-order valence-corrected chi connectivity index (χ0v) is 13.2. The summed E-state index contributed by atoms with van der Waals surface area (Å²) in [7, 11) is 0. The normalized spacial score (nSPS) is 21.4. The van der Waals surface area contributed by atoms with Crippen LogP contribution in [-0.2, 0) is 5.54 Å². The summed E-state index contributed by atoms with van der Waals surface area (Å²) in [6.45, 7) is 1.95. The van der Waals surface area contributed by atoms with Gasteiger partial charge in [0.05, 0.1) is 10.9 Å². The largest absolute Gasteiger partial charge is 0.477 e. The van der Waals surface area contributed by atoms with E-state index in [0.29, 0.717) is 21.7 Å². The minimum absolute atomic E-state index is 0.0138. The zero-order valence-electron chi connectivity index (χ0n) is 12.4. The standard InChI is InChI=1S/C16H15FN2O3S/c1-7-6-23-14-11(16(18)2-3-16)10(17)4-8-12(14)19(7)5-9(13(8)20)15(21)22/h4-5,7H,2-3,6,18H2,1H3,(H,21,22). The van der Waals surface area contributed by atoms with Gasteiger partial charge in [0.25, 0.3) is 0 Å². The Morgan fingerprint density at radius 2 is 2.22 bits per heavy atom. The van der Waals surface area contributed by atoms with E-state index in [2.05, 4.69) is 0 Å². The number of benzene rings is 1. The van der Waals surface area contributed by atoms with E-state index in [0.717, 1.165) is 18.9 Å². The number of nitrogens with two attached hydrogens (primary N) is 1. The van der Waals surface area contributed by atoms with Gasteiger partial charge in [-0.3, -0.25) is 4.79 Å². The van der Waals surface area contributed by atoms with Crippen LogP contribution in [0.1, 0.15) is 41.7 Å². The lowest BCUT2D eigenvalue weighted by molar-refractivity contribution is 0.0694. The molecule has 5 nitrogen and oxygen atoms in total. The number of hydrogen-bond acceptors (Lipinski definition) is 4. The Labute approximate surface area is 135 Å². The van der Waals surface area contributed by atoms with Crippen molar-refractivity contribution >= 4 is 28.6 Å². The molecule has 23 heavy (non-hydrogen) atoms. The maximum Gasteiger partial charge on any atom is 0.341 e. The monoisotopic (exact) mass is 334 g/mol. The third kappa shape index (κ3) is 1.96. The number of aromatic nitrogens is 1. The molecule has 1 atom stereocenters. The van der Waals surface area contributed by atoms with Crippen molar-refractivity contribution in [3.8, 4) is 0 Å². The van der Waals surface area contributed by atoms with Crippen molar-refractivity contribution in [3.05, 3.63) is 39.4 Å². The highest BCUT2D eigenvalue weighted by Crippen LogP contribution is 2.51. The van der Waals surface area contributed by atoms with Gasteiger partial charge in [-0.2, -0.15) is 0 Å². The summed E-state index contributed by atoms with van der Waals surface area (Å²) in [5.74, 6) is -1.13. The lowest BCUT2D eigenvalue weighted by atomic mass is 10.00. The van der Waals surface area contributed by atoms with Crippen molar-refractivity contribution in [1.82, 2.24) is 4.57 Å². The number of carbonyl (C=O) groups is 1. The number of pyridine rings is 1. The molecular formula is C16H15FN2O3S. The minimum Gasteiger partial charge on any atom is -0.477 e. The number of aromatic carboxylic acids is 1.